The number of aromatic hydroxyl groups is 1. The quantitative estimate of drug-likeness (QED) is 0.135. The molecular weight excluding hydrogens is 510 g/mol. The Bertz CT molecular complexity index is 1160. The second-order valence-electron chi connectivity index (χ2n) is 9.02. The number of amides is 4. The number of carboxylic acid groups (broad SMARTS) is 1. The Morgan fingerprint density at radius 2 is 1.28 bits per heavy atom. The second kappa shape index (κ2) is 14.4. The molecule has 0 aliphatic heterocycles. The molecule has 0 radical (unpaired) electrons. The summed E-state index contributed by atoms with van der Waals surface area (Å²) in [6.07, 6.45) is -2.00. The molecule has 0 spiro atoms. The van der Waals surface area contributed by atoms with Crippen molar-refractivity contribution in [2.75, 3.05) is 0 Å². The zero-order chi connectivity index (χ0) is 29.1. The number of nitrogens with one attached hydrogen (secondary N) is 3. The number of carboxylic acids is 1. The number of aliphatic carboxylic acids is 1. The standard InChI is InChI=1S/C26H33N5O8/c1-14(32)22(26(38)39)31-25(37)20(12-16-7-9-17(33)10-8-16)30-24(36)19(11-15-5-3-2-4-6-15)29-23(35)18(27)13-21(28)34/h2-10,14,18-20,22,32-33H,11-13,27H2,1H3,(H2,28,34)(H,29,35)(H,30,36)(H,31,37)(H,38,39). The van der Waals surface area contributed by atoms with Crippen LogP contribution in [0.2, 0.25) is 0 Å². The monoisotopic (exact) mass is 543 g/mol. The van der Waals surface area contributed by atoms with Crippen LogP contribution < -0.4 is 27.4 Å². The van der Waals surface area contributed by atoms with Crippen LogP contribution in [0.1, 0.15) is 24.5 Å². The average Bonchev–Trinajstić information content (AvgIpc) is 2.87. The van der Waals surface area contributed by atoms with Gasteiger partial charge in [-0.1, -0.05) is 42.5 Å². The molecule has 0 saturated carbocycles. The highest BCUT2D eigenvalue weighted by atomic mass is 16.4. The number of phenolic OH excluding ortho intramolecular Hbond substituents is 1. The van der Waals surface area contributed by atoms with Gasteiger partial charge in [-0.3, -0.25) is 19.2 Å². The van der Waals surface area contributed by atoms with Crippen LogP contribution in [-0.4, -0.2) is 75.2 Å². The Morgan fingerprint density at radius 3 is 1.77 bits per heavy atom. The van der Waals surface area contributed by atoms with Crippen LogP contribution in [0.5, 0.6) is 5.75 Å². The maximum Gasteiger partial charge on any atom is 0.328 e. The van der Waals surface area contributed by atoms with Gasteiger partial charge in [0.2, 0.25) is 23.6 Å². The number of carbonyl (C=O) groups excluding carboxylic acids is 4. The van der Waals surface area contributed by atoms with Gasteiger partial charge in [-0.05, 0) is 30.2 Å². The number of benzene rings is 2. The molecule has 0 heterocycles. The first-order chi connectivity index (χ1) is 18.4. The number of hydrogen-bond acceptors (Lipinski definition) is 8. The summed E-state index contributed by atoms with van der Waals surface area (Å²) in [6, 6.07) is 8.90. The predicted octanol–water partition coefficient (Wildman–Crippen LogP) is -1.70. The lowest BCUT2D eigenvalue weighted by Crippen LogP contribution is -2.59. The molecule has 10 N–H and O–H groups in total. The van der Waals surface area contributed by atoms with Crippen LogP contribution >= 0.6 is 0 Å². The minimum Gasteiger partial charge on any atom is -0.508 e. The average molecular weight is 544 g/mol. The van der Waals surface area contributed by atoms with Gasteiger partial charge in [0.05, 0.1) is 18.6 Å². The maximum absolute atomic E-state index is 13.4. The van der Waals surface area contributed by atoms with Crippen molar-refractivity contribution >= 4 is 29.6 Å². The van der Waals surface area contributed by atoms with Crippen molar-refractivity contribution in [1.29, 1.82) is 0 Å². The topological polar surface area (TPSA) is 234 Å². The third-order valence-electron chi connectivity index (χ3n) is 5.73. The van der Waals surface area contributed by atoms with Gasteiger partial charge < -0.3 is 42.7 Å². The van der Waals surface area contributed by atoms with Crippen molar-refractivity contribution in [2.45, 2.75) is 56.5 Å². The van der Waals surface area contributed by atoms with Crippen LogP contribution in [-0.2, 0) is 36.8 Å². The number of primary amides is 1. The van der Waals surface area contributed by atoms with Gasteiger partial charge in [-0.2, -0.15) is 0 Å². The van der Waals surface area contributed by atoms with Crippen LogP contribution in [0.4, 0.5) is 0 Å². The first-order valence-electron chi connectivity index (χ1n) is 12.0. The van der Waals surface area contributed by atoms with Crippen molar-refractivity contribution in [3.05, 3.63) is 65.7 Å². The molecule has 2 aromatic rings. The van der Waals surface area contributed by atoms with Crippen molar-refractivity contribution in [3.8, 4) is 5.75 Å². The molecule has 13 heteroatoms. The lowest BCUT2D eigenvalue weighted by molar-refractivity contribution is -0.145. The van der Waals surface area contributed by atoms with Gasteiger partial charge >= 0.3 is 5.97 Å². The number of aliphatic hydroxyl groups is 1. The summed E-state index contributed by atoms with van der Waals surface area (Å²) in [7, 11) is 0. The normalized spacial score (nSPS) is 14.6. The summed E-state index contributed by atoms with van der Waals surface area (Å²) in [5, 5.41) is 35.9. The van der Waals surface area contributed by atoms with Gasteiger partial charge in [0.1, 0.15) is 17.8 Å². The maximum atomic E-state index is 13.4. The minimum atomic E-state index is -1.65. The predicted molar refractivity (Wildman–Crippen MR) is 139 cm³/mol. The SMILES string of the molecule is CC(O)C(NC(=O)C(Cc1ccc(O)cc1)NC(=O)C(Cc1ccccc1)NC(=O)C(N)CC(N)=O)C(=O)O. The molecule has 0 aromatic heterocycles. The Hall–Kier alpha value is -4.49. The molecule has 2 rings (SSSR count). The Balaban J connectivity index is 2.33. The van der Waals surface area contributed by atoms with E-state index in [1.54, 1.807) is 30.3 Å². The first kappa shape index (κ1) is 30.7. The van der Waals surface area contributed by atoms with E-state index in [1.165, 1.54) is 31.2 Å². The zero-order valence-electron chi connectivity index (χ0n) is 21.2. The second-order valence-corrected chi connectivity index (χ2v) is 9.02. The van der Waals surface area contributed by atoms with E-state index in [4.69, 9.17) is 11.5 Å². The summed E-state index contributed by atoms with van der Waals surface area (Å²) in [4.78, 5) is 61.8. The van der Waals surface area contributed by atoms with Crippen LogP contribution in [0, 0.1) is 0 Å². The molecule has 0 bridgehead atoms. The molecule has 39 heavy (non-hydrogen) atoms. The van der Waals surface area contributed by atoms with Crippen LogP contribution in [0.3, 0.4) is 0 Å². The van der Waals surface area contributed by atoms with Gasteiger partial charge in [0.15, 0.2) is 6.04 Å². The highest BCUT2D eigenvalue weighted by Gasteiger charge is 2.32. The van der Waals surface area contributed by atoms with E-state index in [9.17, 15) is 39.3 Å². The Labute approximate surface area is 224 Å². The number of hydrogen-bond donors (Lipinski definition) is 8. The van der Waals surface area contributed by atoms with E-state index in [0.29, 0.717) is 11.1 Å². The van der Waals surface area contributed by atoms with Crippen molar-refractivity contribution in [1.82, 2.24) is 16.0 Å². The summed E-state index contributed by atoms with van der Waals surface area (Å²) < 4.78 is 0. The molecule has 210 valence electrons. The smallest absolute Gasteiger partial charge is 0.328 e. The van der Waals surface area contributed by atoms with Gasteiger partial charge in [-0.25, -0.2) is 4.79 Å². The van der Waals surface area contributed by atoms with E-state index in [1.807, 2.05) is 0 Å². The van der Waals surface area contributed by atoms with Gasteiger partial charge in [0, 0.05) is 12.8 Å². The Kier molecular flexibility index (Phi) is 11.4. The molecule has 0 fully saturated rings. The summed E-state index contributed by atoms with van der Waals surface area (Å²) >= 11 is 0. The van der Waals surface area contributed by atoms with Crippen molar-refractivity contribution in [3.63, 3.8) is 0 Å². The third kappa shape index (κ3) is 10.1. The molecule has 4 amide bonds. The van der Waals surface area contributed by atoms with Crippen LogP contribution in [0.15, 0.2) is 54.6 Å². The number of rotatable bonds is 14. The first-order valence-corrected chi connectivity index (χ1v) is 12.0. The molecule has 13 nitrogen and oxygen atoms in total. The molecule has 5 atom stereocenters. The van der Waals surface area contributed by atoms with Crippen molar-refractivity contribution < 1.29 is 39.3 Å². The van der Waals surface area contributed by atoms with Crippen LogP contribution in [0.25, 0.3) is 0 Å². The number of carbonyl (C=O) groups is 5. The fourth-order valence-corrected chi connectivity index (χ4v) is 3.64. The molecule has 5 unspecified atom stereocenters. The fraction of sp³-hybridized carbons (Fsp3) is 0.346. The largest absolute Gasteiger partial charge is 0.508 e. The van der Waals surface area contributed by atoms with Crippen molar-refractivity contribution in [2.24, 2.45) is 11.5 Å². The van der Waals surface area contributed by atoms with E-state index in [0.717, 1.165) is 0 Å². The van der Waals surface area contributed by atoms with Gasteiger partial charge in [0.25, 0.3) is 0 Å². The summed E-state index contributed by atoms with van der Waals surface area (Å²) in [6.45, 7) is 1.19. The Morgan fingerprint density at radius 1 is 0.795 bits per heavy atom. The van der Waals surface area contributed by atoms with Gasteiger partial charge in [-0.15, -0.1) is 0 Å². The lowest BCUT2D eigenvalue weighted by Gasteiger charge is -2.26. The zero-order valence-corrected chi connectivity index (χ0v) is 21.2. The number of aliphatic hydroxyl groups excluding tert-OH is 1. The lowest BCUT2D eigenvalue weighted by atomic mass is 10.0. The fourth-order valence-electron chi connectivity index (χ4n) is 3.64. The molecule has 0 aliphatic carbocycles. The summed E-state index contributed by atoms with van der Waals surface area (Å²) in [5.74, 6) is -4.82. The van der Waals surface area contributed by atoms with E-state index >= 15 is 0 Å². The third-order valence-corrected chi connectivity index (χ3v) is 5.73. The molecule has 2 aromatic carbocycles. The number of nitrogens with two attached hydrogens (primary N) is 2. The molecule has 0 aliphatic rings. The van der Waals surface area contributed by atoms with E-state index in [-0.39, 0.29) is 18.6 Å². The van der Waals surface area contributed by atoms with E-state index < -0.39 is 66.3 Å². The highest BCUT2D eigenvalue weighted by Crippen LogP contribution is 2.12. The molecular formula is C26H33N5O8. The minimum absolute atomic E-state index is 0.000673. The number of phenols is 1. The van der Waals surface area contributed by atoms with E-state index in [2.05, 4.69) is 16.0 Å². The summed E-state index contributed by atoms with van der Waals surface area (Å²) in [5.41, 5.74) is 12.0. The molecule has 0 saturated heterocycles. The highest BCUT2D eigenvalue weighted by molar-refractivity contribution is 5.95.